The molecule has 3 N–H and O–H groups in total. The lowest BCUT2D eigenvalue weighted by Gasteiger charge is -2.33. The molecule has 0 saturated carbocycles. The monoisotopic (exact) mass is 441 g/mol. The van der Waals surface area contributed by atoms with Crippen molar-refractivity contribution in [3.8, 4) is 0 Å². The Hall–Kier alpha value is -3.63. The van der Waals surface area contributed by atoms with Crippen LogP contribution in [-0.2, 0) is 6.18 Å². The van der Waals surface area contributed by atoms with Gasteiger partial charge in [0.15, 0.2) is 0 Å². The van der Waals surface area contributed by atoms with Crippen molar-refractivity contribution < 1.29 is 37.1 Å². The molecule has 0 aromatic heterocycles. The second-order valence-corrected chi connectivity index (χ2v) is 7.44. The second kappa shape index (κ2) is 8.62. The number of imide groups is 1. The Bertz CT molecular complexity index is 1020. The first-order valence-electron chi connectivity index (χ1n) is 8.82. The Kier molecular flexibility index (Phi) is 6.58. The maximum atomic E-state index is 13.9. The predicted molar refractivity (Wildman–Crippen MR) is 105 cm³/mol. The number of benzene rings is 2. The van der Waals surface area contributed by atoms with Gasteiger partial charge in [0.1, 0.15) is 5.82 Å². The zero-order valence-corrected chi connectivity index (χ0v) is 16.7. The minimum atomic E-state index is -4.78. The smallest absolute Gasteiger partial charge is 0.416 e. The number of rotatable bonds is 3. The summed E-state index contributed by atoms with van der Waals surface area (Å²) in [7, 11) is 0. The second-order valence-electron chi connectivity index (χ2n) is 7.44. The molecule has 2 aromatic rings. The van der Waals surface area contributed by atoms with Gasteiger partial charge < -0.3 is 10.4 Å². The number of alkyl halides is 3. The van der Waals surface area contributed by atoms with Gasteiger partial charge in [0, 0.05) is 16.9 Å². The Balaban J connectivity index is 2.15. The summed E-state index contributed by atoms with van der Waals surface area (Å²) < 4.78 is 51.7. The number of amides is 4. The first kappa shape index (κ1) is 23.6. The molecule has 0 radical (unpaired) electrons. The molecule has 0 atom stereocenters. The molecule has 166 valence electrons. The highest BCUT2D eigenvalue weighted by molar-refractivity contribution is 6.08. The molecule has 11 heteroatoms. The highest BCUT2D eigenvalue weighted by Crippen LogP contribution is 2.30. The van der Waals surface area contributed by atoms with Gasteiger partial charge in [-0.15, -0.1) is 0 Å². The van der Waals surface area contributed by atoms with Crippen LogP contribution in [0.3, 0.4) is 0 Å². The van der Waals surface area contributed by atoms with E-state index in [1.165, 1.54) is 24.3 Å². The summed E-state index contributed by atoms with van der Waals surface area (Å²) in [6.07, 6.45) is -6.00. The molecule has 2 rings (SSSR count). The summed E-state index contributed by atoms with van der Waals surface area (Å²) in [6.45, 7) is 5.02. The first-order chi connectivity index (χ1) is 14.2. The number of urea groups is 1. The zero-order valence-electron chi connectivity index (χ0n) is 16.7. The van der Waals surface area contributed by atoms with Crippen molar-refractivity contribution in [1.82, 2.24) is 5.32 Å². The van der Waals surface area contributed by atoms with Crippen molar-refractivity contribution >= 4 is 29.4 Å². The van der Waals surface area contributed by atoms with E-state index < -0.39 is 46.7 Å². The molecule has 0 heterocycles. The average Bonchev–Trinajstić information content (AvgIpc) is 2.59. The van der Waals surface area contributed by atoms with Crippen LogP contribution >= 0.6 is 0 Å². The highest BCUT2D eigenvalue weighted by Gasteiger charge is 2.32. The Labute approximate surface area is 174 Å². The Morgan fingerprint density at radius 1 is 1.00 bits per heavy atom. The van der Waals surface area contributed by atoms with Crippen molar-refractivity contribution in [1.29, 1.82) is 0 Å². The normalized spacial score (nSPS) is 11.6. The maximum Gasteiger partial charge on any atom is 0.416 e. The van der Waals surface area contributed by atoms with Crippen LogP contribution in [0.1, 0.15) is 36.7 Å². The number of nitrogens with one attached hydrogen (secondary N) is 2. The van der Waals surface area contributed by atoms with Crippen molar-refractivity contribution in [3.05, 3.63) is 59.4 Å². The van der Waals surface area contributed by atoms with Gasteiger partial charge in [0.05, 0.1) is 11.1 Å². The molecule has 0 aliphatic heterocycles. The molecule has 0 aliphatic carbocycles. The van der Waals surface area contributed by atoms with Gasteiger partial charge in [-0.25, -0.2) is 14.0 Å². The number of anilines is 2. The van der Waals surface area contributed by atoms with Gasteiger partial charge in [-0.1, -0.05) is 6.07 Å². The third-order valence-corrected chi connectivity index (χ3v) is 3.99. The number of hydrogen-bond donors (Lipinski definition) is 3. The van der Waals surface area contributed by atoms with Crippen LogP contribution in [0.4, 0.5) is 38.5 Å². The van der Waals surface area contributed by atoms with Crippen molar-refractivity contribution in [2.24, 2.45) is 0 Å². The number of halogens is 4. The van der Waals surface area contributed by atoms with E-state index in [9.17, 15) is 37.1 Å². The number of carbonyl (C=O) groups is 3. The van der Waals surface area contributed by atoms with Crippen LogP contribution in [0.25, 0.3) is 0 Å². The van der Waals surface area contributed by atoms with Crippen LogP contribution in [0, 0.1) is 5.82 Å². The number of carbonyl (C=O) groups excluding carboxylic acids is 2. The molecule has 0 saturated heterocycles. The topological polar surface area (TPSA) is 98.7 Å². The number of hydrogen-bond acceptors (Lipinski definition) is 3. The number of carboxylic acid groups (broad SMARTS) is 1. The molecule has 31 heavy (non-hydrogen) atoms. The van der Waals surface area contributed by atoms with Crippen LogP contribution in [0.15, 0.2) is 42.5 Å². The Morgan fingerprint density at radius 2 is 1.65 bits per heavy atom. The van der Waals surface area contributed by atoms with Gasteiger partial charge in [0.25, 0.3) is 5.91 Å². The SMILES string of the molecule is CC(C)(C)N(C(=O)O)c1cccc(NC(=O)NC(=O)c2ccc(C(F)(F)F)cc2F)c1. The lowest BCUT2D eigenvalue weighted by molar-refractivity contribution is -0.137. The summed E-state index contributed by atoms with van der Waals surface area (Å²) >= 11 is 0. The third kappa shape index (κ3) is 5.93. The first-order valence-corrected chi connectivity index (χ1v) is 8.82. The molecule has 0 spiro atoms. The van der Waals surface area contributed by atoms with E-state index in [2.05, 4.69) is 5.32 Å². The lowest BCUT2D eigenvalue weighted by Crippen LogP contribution is -2.45. The Morgan fingerprint density at radius 3 is 2.16 bits per heavy atom. The van der Waals surface area contributed by atoms with Crippen molar-refractivity contribution in [3.63, 3.8) is 0 Å². The molecule has 0 aliphatic rings. The highest BCUT2D eigenvalue weighted by atomic mass is 19.4. The molecular weight excluding hydrogens is 422 g/mol. The fraction of sp³-hybridized carbons (Fsp3) is 0.250. The average molecular weight is 441 g/mol. The van der Waals surface area contributed by atoms with Gasteiger partial charge in [0.2, 0.25) is 0 Å². The fourth-order valence-corrected chi connectivity index (χ4v) is 2.72. The van der Waals surface area contributed by atoms with Crippen LogP contribution in [-0.4, -0.2) is 28.7 Å². The molecule has 2 aromatic carbocycles. The minimum Gasteiger partial charge on any atom is -0.465 e. The number of nitrogens with zero attached hydrogens (tertiary/aromatic N) is 1. The van der Waals surface area contributed by atoms with Crippen LogP contribution in [0.5, 0.6) is 0 Å². The van der Waals surface area contributed by atoms with Crippen molar-refractivity contribution in [2.45, 2.75) is 32.5 Å². The largest absolute Gasteiger partial charge is 0.465 e. The van der Waals surface area contributed by atoms with Crippen molar-refractivity contribution in [2.75, 3.05) is 10.2 Å². The van der Waals surface area contributed by atoms with E-state index in [-0.39, 0.29) is 17.4 Å². The standard InChI is InChI=1S/C20H19F4N3O4/c1-19(2,3)27(18(30)31)13-6-4-5-12(10-13)25-17(29)26-16(28)14-8-7-11(9-15(14)21)20(22,23)24/h4-10H,1-3H3,(H,30,31)(H2,25,26,28,29). The van der Waals surface area contributed by atoms with Crippen LogP contribution < -0.4 is 15.5 Å². The fourth-order valence-electron chi connectivity index (χ4n) is 2.72. The van der Waals surface area contributed by atoms with Crippen LogP contribution in [0.2, 0.25) is 0 Å². The predicted octanol–water partition coefficient (Wildman–Crippen LogP) is 5.09. The van der Waals surface area contributed by atoms with Gasteiger partial charge in [-0.2, -0.15) is 13.2 Å². The molecular formula is C20H19F4N3O4. The van der Waals surface area contributed by atoms with E-state index in [1.54, 1.807) is 26.1 Å². The van der Waals surface area contributed by atoms with E-state index >= 15 is 0 Å². The maximum absolute atomic E-state index is 13.9. The molecule has 7 nitrogen and oxygen atoms in total. The van der Waals surface area contributed by atoms with Gasteiger partial charge in [-0.05, 0) is 57.2 Å². The summed E-state index contributed by atoms with van der Waals surface area (Å²) in [5.74, 6) is -2.69. The van der Waals surface area contributed by atoms with E-state index in [0.717, 1.165) is 4.90 Å². The third-order valence-electron chi connectivity index (χ3n) is 3.99. The summed E-state index contributed by atoms with van der Waals surface area (Å²) in [4.78, 5) is 36.8. The zero-order chi connectivity index (χ0) is 23.6. The lowest BCUT2D eigenvalue weighted by atomic mass is 10.1. The van der Waals surface area contributed by atoms with Gasteiger partial charge in [-0.3, -0.25) is 15.0 Å². The van der Waals surface area contributed by atoms with E-state index in [4.69, 9.17) is 0 Å². The molecule has 4 amide bonds. The van der Waals surface area contributed by atoms with E-state index in [1.807, 2.05) is 0 Å². The molecule has 0 unspecified atom stereocenters. The summed E-state index contributed by atoms with van der Waals surface area (Å²) in [6, 6.07) is 5.97. The van der Waals surface area contributed by atoms with Gasteiger partial charge >= 0.3 is 18.3 Å². The van der Waals surface area contributed by atoms with E-state index in [0.29, 0.717) is 12.1 Å². The molecule has 0 bridgehead atoms. The summed E-state index contributed by atoms with van der Waals surface area (Å²) in [5, 5.41) is 13.5. The minimum absolute atomic E-state index is 0.131. The summed E-state index contributed by atoms with van der Waals surface area (Å²) in [5.41, 5.74) is -2.43. The molecule has 0 fully saturated rings. The quantitative estimate of drug-likeness (QED) is 0.578.